The van der Waals surface area contributed by atoms with Crippen LogP contribution in [0.15, 0.2) is 12.1 Å². The van der Waals surface area contributed by atoms with Crippen LogP contribution in [0.2, 0.25) is 0 Å². The number of benzene rings is 1. The minimum Gasteiger partial charge on any atom is -0.494 e. The van der Waals surface area contributed by atoms with E-state index in [2.05, 4.69) is 27.9 Å². The fraction of sp³-hybridized carbons (Fsp3) is 0.579. The van der Waals surface area contributed by atoms with Gasteiger partial charge < -0.3 is 19.9 Å². The quantitative estimate of drug-likeness (QED) is 0.396. The Hall–Kier alpha value is -1.51. The number of amides is 1. The second-order valence-corrected chi connectivity index (χ2v) is 8.24. The molecule has 1 amide bonds. The SMILES string of the molecule is Cc1c(I)cc(OCCCCCCNC(=O)OC(C)(C)C)cc1C(=O)O. The van der Waals surface area contributed by atoms with E-state index in [9.17, 15) is 14.7 Å². The Morgan fingerprint density at radius 3 is 2.42 bits per heavy atom. The average Bonchev–Trinajstić information content (AvgIpc) is 2.51. The smallest absolute Gasteiger partial charge is 0.407 e. The fourth-order valence-electron chi connectivity index (χ4n) is 2.23. The number of carboxylic acid groups (broad SMARTS) is 1. The summed E-state index contributed by atoms with van der Waals surface area (Å²) in [6.45, 7) is 8.43. The van der Waals surface area contributed by atoms with Crippen molar-refractivity contribution in [3.8, 4) is 5.75 Å². The normalized spacial score (nSPS) is 11.1. The molecule has 0 aliphatic rings. The average molecular weight is 477 g/mol. The van der Waals surface area contributed by atoms with Crippen LogP contribution >= 0.6 is 22.6 Å². The zero-order valence-corrected chi connectivity index (χ0v) is 18.0. The first kappa shape index (κ1) is 22.5. The van der Waals surface area contributed by atoms with E-state index in [-0.39, 0.29) is 11.7 Å². The Morgan fingerprint density at radius 2 is 1.81 bits per heavy atom. The van der Waals surface area contributed by atoms with Gasteiger partial charge >= 0.3 is 12.1 Å². The van der Waals surface area contributed by atoms with Crippen molar-refractivity contribution < 1.29 is 24.2 Å². The van der Waals surface area contributed by atoms with Gasteiger partial charge in [0.2, 0.25) is 0 Å². The molecular weight excluding hydrogens is 449 g/mol. The first-order valence-electron chi connectivity index (χ1n) is 8.73. The van der Waals surface area contributed by atoms with Crippen molar-refractivity contribution in [1.29, 1.82) is 0 Å². The van der Waals surface area contributed by atoms with Crippen molar-refractivity contribution in [2.75, 3.05) is 13.2 Å². The molecule has 0 saturated carbocycles. The van der Waals surface area contributed by atoms with Gasteiger partial charge in [0, 0.05) is 10.1 Å². The number of hydrogen-bond donors (Lipinski definition) is 2. The van der Waals surface area contributed by atoms with Crippen LogP contribution in [0, 0.1) is 10.5 Å². The molecule has 0 spiro atoms. The number of ether oxygens (including phenoxy) is 2. The topological polar surface area (TPSA) is 84.9 Å². The van der Waals surface area contributed by atoms with Crippen LogP contribution in [-0.2, 0) is 4.74 Å². The van der Waals surface area contributed by atoms with Gasteiger partial charge in [-0.25, -0.2) is 9.59 Å². The molecule has 146 valence electrons. The van der Waals surface area contributed by atoms with Crippen molar-refractivity contribution >= 4 is 34.7 Å². The highest BCUT2D eigenvalue weighted by Gasteiger charge is 2.15. The highest BCUT2D eigenvalue weighted by molar-refractivity contribution is 14.1. The van der Waals surface area contributed by atoms with Crippen molar-refractivity contribution in [1.82, 2.24) is 5.32 Å². The minimum absolute atomic E-state index is 0.278. The molecule has 0 fully saturated rings. The van der Waals surface area contributed by atoms with E-state index >= 15 is 0 Å². The van der Waals surface area contributed by atoms with Crippen molar-refractivity contribution in [2.45, 2.75) is 59.0 Å². The van der Waals surface area contributed by atoms with Gasteiger partial charge in [-0.15, -0.1) is 0 Å². The van der Waals surface area contributed by atoms with Gasteiger partial charge in [0.15, 0.2) is 0 Å². The lowest BCUT2D eigenvalue weighted by molar-refractivity contribution is 0.0526. The van der Waals surface area contributed by atoms with E-state index in [1.807, 2.05) is 26.8 Å². The summed E-state index contributed by atoms with van der Waals surface area (Å²) in [6, 6.07) is 3.43. The molecule has 26 heavy (non-hydrogen) atoms. The number of hydrogen-bond acceptors (Lipinski definition) is 4. The van der Waals surface area contributed by atoms with Crippen LogP contribution in [0.3, 0.4) is 0 Å². The molecule has 0 radical (unpaired) electrons. The van der Waals surface area contributed by atoms with Gasteiger partial charge in [0.1, 0.15) is 11.4 Å². The Balaban J connectivity index is 2.20. The van der Waals surface area contributed by atoms with E-state index in [1.165, 1.54) is 0 Å². The van der Waals surface area contributed by atoms with E-state index in [0.29, 0.717) is 18.9 Å². The standard InChI is InChI=1S/C19H28INO5/c1-13-15(17(22)23)11-14(12-16(13)20)25-10-8-6-5-7-9-21-18(24)26-19(2,3)4/h11-12H,5-10H2,1-4H3,(H,21,24)(H,22,23). The molecule has 1 aromatic rings. The Labute approximate surface area is 168 Å². The summed E-state index contributed by atoms with van der Waals surface area (Å²) in [5.41, 5.74) is 0.554. The first-order valence-corrected chi connectivity index (χ1v) is 9.81. The summed E-state index contributed by atoms with van der Waals surface area (Å²) >= 11 is 2.12. The molecule has 0 aliphatic heterocycles. The largest absolute Gasteiger partial charge is 0.494 e. The van der Waals surface area contributed by atoms with E-state index < -0.39 is 11.6 Å². The molecule has 0 bridgehead atoms. The molecule has 0 aromatic heterocycles. The number of nitrogens with one attached hydrogen (secondary N) is 1. The number of halogens is 1. The van der Waals surface area contributed by atoms with Gasteiger partial charge in [-0.1, -0.05) is 12.8 Å². The molecule has 0 atom stereocenters. The monoisotopic (exact) mass is 477 g/mol. The molecule has 0 aliphatic carbocycles. The highest BCUT2D eigenvalue weighted by Crippen LogP contribution is 2.24. The predicted octanol–water partition coefficient (Wildman–Crippen LogP) is 4.76. The van der Waals surface area contributed by atoms with Crippen molar-refractivity contribution in [3.63, 3.8) is 0 Å². The number of rotatable bonds is 9. The van der Waals surface area contributed by atoms with Crippen molar-refractivity contribution in [3.05, 3.63) is 26.8 Å². The number of carbonyl (C=O) groups is 2. The summed E-state index contributed by atoms with van der Waals surface area (Å²) in [6.07, 6.45) is 3.32. The maximum absolute atomic E-state index is 11.5. The van der Waals surface area contributed by atoms with Crippen molar-refractivity contribution in [2.24, 2.45) is 0 Å². The Kier molecular flexibility index (Phi) is 9.18. The molecule has 7 heteroatoms. The maximum Gasteiger partial charge on any atom is 0.407 e. The van der Waals surface area contributed by atoms with Gasteiger partial charge in [-0.2, -0.15) is 0 Å². The number of aromatic carboxylic acids is 1. The molecule has 0 heterocycles. The highest BCUT2D eigenvalue weighted by atomic mass is 127. The fourth-order valence-corrected chi connectivity index (χ4v) is 2.83. The van der Waals surface area contributed by atoms with Crippen LogP contribution < -0.4 is 10.1 Å². The number of carboxylic acids is 1. The van der Waals surface area contributed by atoms with E-state index in [1.54, 1.807) is 13.0 Å². The molecule has 1 rings (SSSR count). The second kappa shape index (κ2) is 10.6. The molecule has 1 aromatic carbocycles. The Morgan fingerprint density at radius 1 is 1.15 bits per heavy atom. The van der Waals surface area contributed by atoms with Crippen LogP contribution in [0.4, 0.5) is 4.79 Å². The zero-order chi connectivity index (χ0) is 19.7. The number of unbranched alkanes of at least 4 members (excludes halogenated alkanes) is 3. The van der Waals surface area contributed by atoms with Crippen LogP contribution in [0.5, 0.6) is 5.75 Å². The zero-order valence-electron chi connectivity index (χ0n) is 15.9. The predicted molar refractivity (Wildman–Crippen MR) is 109 cm³/mol. The molecule has 0 saturated heterocycles. The van der Waals surface area contributed by atoms with Gasteiger partial charge in [-0.05, 0) is 80.8 Å². The number of alkyl carbamates (subject to hydrolysis) is 1. The number of carbonyl (C=O) groups excluding carboxylic acids is 1. The Bertz CT molecular complexity index is 625. The summed E-state index contributed by atoms with van der Waals surface area (Å²) in [5, 5.41) is 11.9. The maximum atomic E-state index is 11.5. The lowest BCUT2D eigenvalue weighted by Gasteiger charge is -2.19. The first-order chi connectivity index (χ1) is 12.1. The van der Waals surface area contributed by atoms with Crippen LogP contribution in [0.1, 0.15) is 62.4 Å². The molecule has 0 unspecified atom stereocenters. The third-order valence-electron chi connectivity index (χ3n) is 3.56. The second-order valence-electron chi connectivity index (χ2n) is 7.07. The summed E-state index contributed by atoms with van der Waals surface area (Å²) in [4.78, 5) is 22.7. The van der Waals surface area contributed by atoms with E-state index in [0.717, 1.165) is 34.8 Å². The van der Waals surface area contributed by atoms with Gasteiger partial charge in [0.25, 0.3) is 0 Å². The van der Waals surface area contributed by atoms with Crippen LogP contribution in [0.25, 0.3) is 0 Å². The van der Waals surface area contributed by atoms with E-state index in [4.69, 9.17) is 9.47 Å². The lowest BCUT2D eigenvalue weighted by Crippen LogP contribution is -2.32. The van der Waals surface area contributed by atoms with Gasteiger partial charge in [-0.3, -0.25) is 0 Å². The summed E-state index contributed by atoms with van der Waals surface area (Å²) < 4.78 is 11.7. The summed E-state index contributed by atoms with van der Waals surface area (Å²) in [5.74, 6) is -0.354. The van der Waals surface area contributed by atoms with Gasteiger partial charge in [0.05, 0.1) is 12.2 Å². The third kappa shape index (κ3) is 8.73. The van der Waals surface area contributed by atoms with Crippen LogP contribution in [-0.4, -0.2) is 35.9 Å². The third-order valence-corrected chi connectivity index (χ3v) is 4.68. The lowest BCUT2D eigenvalue weighted by atomic mass is 10.1. The summed E-state index contributed by atoms with van der Waals surface area (Å²) in [7, 11) is 0. The molecule has 6 nitrogen and oxygen atoms in total. The minimum atomic E-state index is -0.941. The molecular formula is C19H28INO5. The molecule has 2 N–H and O–H groups in total.